The Hall–Kier alpha value is -2.08. The van der Waals surface area contributed by atoms with E-state index >= 15 is 0 Å². The third kappa shape index (κ3) is 3.52. The average molecular weight is 309 g/mol. The fourth-order valence-electron chi connectivity index (χ4n) is 1.65. The highest BCUT2D eigenvalue weighted by molar-refractivity contribution is 6.34. The van der Waals surface area contributed by atoms with Gasteiger partial charge in [0.25, 0.3) is 5.91 Å². The molecule has 0 aromatic carbocycles. The molecule has 21 heavy (non-hydrogen) atoms. The normalized spacial score (nSPS) is 10.5. The number of nitrogens with one attached hydrogen (secondary N) is 2. The van der Waals surface area contributed by atoms with Crippen molar-refractivity contribution in [2.75, 3.05) is 17.2 Å². The minimum absolute atomic E-state index is 0.145. The van der Waals surface area contributed by atoms with Crippen molar-refractivity contribution in [3.8, 4) is 0 Å². The lowest BCUT2D eigenvalue weighted by Crippen LogP contribution is -2.15. The van der Waals surface area contributed by atoms with E-state index in [0.29, 0.717) is 11.7 Å². The highest BCUT2D eigenvalue weighted by atomic mass is 35.5. The summed E-state index contributed by atoms with van der Waals surface area (Å²) in [5.74, 6) is 0.485. The molecule has 0 aliphatic rings. The van der Waals surface area contributed by atoms with Crippen molar-refractivity contribution in [3.05, 3.63) is 34.1 Å². The van der Waals surface area contributed by atoms with Gasteiger partial charge in [-0.05, 0) is 32.4 Å². The van der Waals surface area contributed by atoms with Crippen molar-refractivity contribution in [2.24, 2.45) is 0 Å². The van der Waals surface area contributed by atoms with E-state index in [0.717, 1.165) is 24.2 Å². The molecule has 0 bridgehead atoms. The predicted molar refractivity (Wildman–Crippen MR) is 82.0 cm³/mol. The zero-order chi connectivity index (χ0) is 15.4. The second-order valence-electron chi connectivity index (χ2n) is 4.63. The molecule has 0 aliphatic carbocycles. The van der Waals surface area contributed by atoms with Crippen molar-refractivity contribution in [3.63, 3.8) is 0 Å². The molecule has 0 radical (unpaired) electrons. The largest absolute Gasteiger partial charge is 0.370 e. The number of carbonyl (C=O) groups is 1. The Labute approximate surface area is 127 Å². The van der Waals surface area contributed by atoms with Crippen LogP contribution in [0.3, 0.4) is 0 Å². The van der Waals surface area contributed by atoms with E-state index < -0.39 is 5.91 Å². The Balaban J connectivity index is 2.20. The van der Waals surface area contributed by atoms with E-state index in [9.17, 15) is 4.79 Å². The lowest BCUT2D eigenvalue weighted by molar-refractivity contribution is 0.101. The van der Waals surface area contributed by atoms with Crippen LogP contribution in [0.15, 0.2) is 16.7 Å². The molecule has 0 aliphatic heterocycles. The Morgan fingerprint density at radius 3 is 2.76 bits per heavy atom. The number of anilines is 2. The highest BCUT2D eigenvalue weighted by Crippen LogP contribution is 2.21. The van der Waals surface area contributed by atoms with Crippen LogP contribution in [-0.4, -0.2) is 22.6 Å². The summed E-state index contributed by atoms with van der Waals surface area (Å²) >= 11 is 6.04. The van der Waals surface area contributed by atoms with Crippen LogP contribution in [0.25, 0.3) is 0 Å². The zero-order valence-electron chi connectivity index (χ0n) is 12.2. The van der Waals surface area contributed by atoms with Crippen LogP contribution in [0.4, 0.5) is 11.7 Å². The summed E-state index contributed by atoms with van der Waals surface area (Å²) in [5, 5.41) is 9.81. The number of hydrogen-bond donors (Lipinski definition) is 2. The van der Waals surface area contributed by atoms with Gasteiger partial charge in [0, 0.05) is 12.1 Å². The van der Waals surface area contributed by atoms with Gasteiger partial charge in [-0.1, -0.05) is 23.7 Å². The third-order valence-electron chi connectivity index (χ3n) is 3.00. The van der Waals surface area contributed by atoms with Gasteiger partial charge in [0.15, 0.2) is 0 Å². The molecule has 0 atom stereocenters. The minimum Gasteiger partial charge on any atom is -0.370 e. The van der Waals surface area contributed by atoms with Crippen molar-refractivity contribution in [2.45, 2.75) is 27.2 Å². The van der Waals surface area contributed by atoms with Crippen molar-refractivity contribution < 1.29 is 9.32 Å². The molecule has 6 nitrogen and oxygen atoms in total. The minimum atomic E-state index is -0.431. The second kappa shape index (κ2) is 6.58. The van der Waals surface area contributed by atoms with Crippen LogP contribution in [0, 0.1) is 13.8 Å². The molecule has 2 aromatic rings. The Morgan fingerprint density at radius 2 is 2.14 bits per heavy atom. The molecule has 0 fully saturated rings. The van der Waals surface area contributed by atoms with Crippen LogP contribution in [0.5, 0.6) is 0 Å². The molecular weight excluding hydrogens is 292 g/mol. The first kappa shape index (κ1) is 15.3. The van der Waals surface area contributed by atoms with Crippen molar-refractivity contribution in [1.29, 1.82) is 0 Å². The van der Waals surface area contributed by atoms with Crippen LogP contribution in [0.1, 0.15) is 35.1 Å². The van der Waals surface area contributed by atoms with E-state index in [4.69, 9.17) is 16.1 Å². The molecule has 1 amide bonds. The third-order valence-corrected chi connectivity index (χ3v) is 3.31. The maximum atomic E-state index is 12.2. The Bertz CT molecular complexity index is 654. The molecule has 0 unspecified atom stereocenters. The SMILES string of the molecule is CCCNc1ccc(Cl)c(C(=O)Nc2onc(C)c2C)n1. The van der Waals surface area contributed by atoms with Gasteiger partial charge in [-0.25, -0.2) is 4.98 Å². The number of carbonyl (C=O) groups excluding carboxylic acids is 1. The molecule has 2 heterocycles. The summed E-state index contributed by atoms with van der Waals surface area (Å²) in [6.45, 7) is 6.44. The first-order valence-electron chi connectivity index (χ1n) is 6.67. The van der Waals surface area contributed by atoms with Crippen LogP contribution >= 0.6 is 11.6 Å². The molecule has 2 N–H and O–H groups in total. The van der Waals surface area contributed by atoms with Crippen molar-refractivity contribution >= 4 is 29.2 Å². The topological polar surface area (TPSA) is 80.0 Å². The molecule has 0 saturated heterocycles. The fourth-order valence-corrected chi connectivity index (χ4v) is 1.84. The molecule has 0 spiro atoms. The average Bonchev–Trinajstić information content (AvgIpc) is 2.78. The summed E-state index contributed by atoms with van der Waals surface area (Å²) in [6.07, 6.45) is 0.961. The van der Waals surface area contributed by atoms with Gasteiger partial charge >= 0.3 is 0 Å². The number of halogens is 1. The van der Waals surface area contributed by atoms with E-state index in [2.05, 4.69) is 20.8 Å². The van der Waals surface area contributed by atoms with Gasteiger partial charge < -0.3 is 9.84 Å². The predicted octanol–water partition coefficient (Wildman–Crippen LogP) is 3.41. The van der Waals surface area contributed by atoms with E-state index in [1.165, 1.54) is 0 Å². The van der Waals surface area contributed by atoms with E-state index in [1.54, 1.807) is 19.1 Å². The van der Waals surface area contributed by atoms with Gasteiger partial charge in [-0.2, -0.15) is 0 Å². The van der Waals surface area contributed by atoms with Crippen LogP contribution < -0.4 is 10.6 Å². The van der Waals surface area contributed by atoms with Crippen molar-refractivity contribution in [1.82, 2.24) is 10.1 Å². The highest BCUT2D eigenvalue weighted by Gasteiger charge is 2.17. The number of aryl methyl sites for hydroxylation is 1. The van der Waals surface area contributed by atoms with Gasteiger partial charge in [0.2, 0.25) is 5.88 Å². The number of nitrogens with zero attached hydrogens (tertiary/aromatic N) is 2. The number of amides is 1. The van der Waals surface area contributed by atoms with Gasteiger partial charge in [0.05, 0.1) is 10.7 Å². The van der Waals surface area contributed by atoms with Gasteiger partial charge in [-0.15, -0.1) is 0 Å². The quantitative estimate of drug-likeness (QED) is 0.884. The lowest BCUT2D eigenvalue weighted by Gasteiger charge is -2.08. The monoisotopic (exact) mass is 308 g/mol. The molecule has 0 saturated carbocycles. The maximum absolute atomic E-state index is 12.2. The zero-order valence-corrected chi connectivity index (χ0v) is 12.9. The molecule has 7 heteroatoms. The number of hydrogen-bond acceptors (Lipinski definition) is 5. The van der Waals surface area contributed by atoms with E-state index in [1.807, 2.05) is 13.8 Å². The summed E-state index contributed by atoms with van der Waals surface area (Å²) in [5.41, 5.74) is 1.65. The van der Waals surface area contributed by atoms with Gasteiger partial charge in [0.1, 0.15) is 11.5 Å². The number of rotatable bonds is 5. The molecular formula is C14H17ClN4O2. The first-order valence-corrected chi connectivity index (χ1v) is 7.05. The number of aromatic nitrogens is 2. The molecule has 112 valence electrons. The second-order valence-corrected chi connectivity index (χ2v) is 5.04. The van der Waals surface area contributed by atoms with Crippen LogP contribution in [0.2, 0.25) is 5.02 Å². The fraction of sp³-hybridized carbons (Fsp3) is 0.357. The summed E-state index contributed by atoms with van der Waals surface area (Å²) in [4.78, 5) is 16.5. The van der Waals surface area contributed by atoms with E-state index in [-0.39, 0.29) is 10.7 Å². The van der Waals surface area contributed by atoms with Crippen LogP contribution in [-0.2, 0) is 0 Å². The smallest absolute Gasteiger partial charge is 0.278 e. The van der Waals surface area contributed by atoms with Gasteiger partial charge in [-0.3, -0.25) is 10.1 Å². The molecule has 2 aromatic heterocycles. The standard InChI is InChI=1S/C14H17ClN4O2/c1-4-7-16-11-6-5-10(15)12(17-11)13(20)18-14-8(2)9(3)19-21-14/h5-6H,4,7H2,1-3H3,(H,16,17)(H,18,20). The lowest BCUT2D eigenvalue weighted by atomic mass is 10.2. The summed E-state index contributed by atoms with van der Waals surface area (Å²) < 4.78 is 5.05. The maximum Gasteiger partial charge on any atom is 0.278 e. The summed E-state index contributed by atoms with van der Waals surface area (Å²) in [7, 11) is 0. The molecule has 2 rings (SSSR count). The Morgan fingerprint density at radius 1 is 1.38 bits per heavy atom. The first-order chi connectivity index (χ1) is 10.0. The summed E-state index contributed by atoms with van der Waals surface area (Å²) in [6, 6.07) is 3.37. The number of pyridine rings is 1. The Kier molecular flexibility index (Phi) is 4.80.